The summed E-state index contributed by atoms with van der Waals surface area (Å²) in [5.74, 6) is 1.47. The van der Waals surface area contributed by atoms with Gasteiger partial charge in [0.25, 0.3) is 0 Å². The molecule has 1 aromatic carbocycles. The van der Waals surface area contributed by atoms with E-state index in [0.717, 1.165) is 5.56 Å². The molecule has 0 bridgehead atoms. The van der Waals surface area contributed by atoms with E-state index >= 15 is 0 Å². The molecule has 1 aliphatic heterocycles. The maximum absolute atomic E-state index is 12.3. The minimum atomic E-state index is -0.440. The van der Waals surface area contributed by atoms with Crippen LogP contribution in [0.15, 0.2) is 48.8 Å². The Bertz CT molecular complexity index is 1090. The van der Waals surface area contributed by atoms with Crippen molar-refractivity contribution in [1.82, 2.24) is 19.9 Å². The average Bonchev–Trinajstić information content (AvgIpc) is 2.90. The highest BCUT2D eigenvalue weighted by atomic mass is 16.7. The highest BCUT2D eigenvalue weighted by Crippen LogP contribution is 2.22. The third-order valence-corrected chi connectivity index (χ3v) is 5.19. The highest BCUT2D eigenvalue weighted by Gasteiger charge is 2.18. The van der Waals surface area contributed by atoms with E-state index in [4.69, 9.17) is 14.2 Å². The molecule has 0 atom stereocenters. The second kappa shape index (κ2) is 12.0. The Labute approximate surface area is 203 Å². The number of hydrogen-bond acceptors (Lipinski definition) is 10. The van der Waals surface area contributed by atoms with Crippen LogP contribution in [0.3, 0.4) is 0 Å². The fourth-order valence-corrected chi connectivity index (χ4v) is 3.35. The van der Waals surface area contributed by atoms with Crippen LogP contribution in [0.2, 0.25) is 0 Å². The Morgan fingerprint density at radius 3 is 2.46 bits per heavy atom. The number of carbonyl (C=O) groups is 1. The molecule has 2 aromatic heterocycles. The maximum Gasteiger partial charge on any atom is 0.323 e. The number of amides is 2. The van der Waals surface area contributed by atoms with Crippen molar-refractivity contribution in [2.75, 3.05) is 67.9 Å². The molecule has 12 heteroatoms. The van der Waals surface area contributed by atoms with Crippen LogP contribution in [0.1, 0.15) is 0 Å². The average molecular weight is 481 g/mol. The largest absolute Gasteiger partial charge is 0.378 e. The SMILES string of the molecule is COC(CNc1nc(-c2ccc(NC(=O)Nc3cccnc3)cc2)nc(N2CCOCC2)n1)OC. The first-order valence-electron chi connectivity index (χ1n) is 11.1. The van der Waals surface area contributed by atoms with Crippen molar-refractivity contribution in [3.8, 4) is 11.4 Å². The lowest BCUT2D eigenvalue weighted by Gasteiger charge is -2.27. The van der Waals surface area contributed by atoms with Crippen LogP contribution in [0, 0.1) is 0 Å². The van der Waals surface area contributed by atoms with E-state index in [1.54, 1.807) is 50.9 Å². The smallest absolute Gasteiger partial charge is 0.323 e. The van der Waals surface area contributed by atoms with E-state index < -0.39 is 6.29 Å². The number of pyridine rings is 1. The number of hydrogen-bond donors (Lipinski definition) is 3. The van der Waals surface area contributed by atoms with Gasteiger partial charge in [-0.05, 0) is 36.4 Å². The summed E-state index contributed by atoms with van der Waals surface area (Å²) in [5, 5.41) is 8.68. The number of methoxy groups -OCH3 is 2. The molecular formula is C23H28N8O4. The van der Waals surface area contributed by atoms with Gasteiger partial charge in [-0.25, -0.2) is 4.79 Å². The van der Waals surface area contributed by atoms with E-state index in [2.05, 4.69) is 40.8 Å². The molecule has 0 spiro atoms. The fraction of sp³-hybridized carbons (Fsp3) is 0.348. The Balaban J connectivity index is 1.50. The van der Waals surface area contributed by atoms with Crippen LogP contribution in [0.4, 0.5) is 28.1 Å². The first-order chi connectivity index (χ1) is 17.1. The van der Waals surface area contributed by atoms with Crippen LogP contribution in [0.25, 0.3) is 11.4 Å². The van der Waals surface area contributed by atoms with Crippen molar-refractivity contribution in [1.29, 1.82) is 0 Å². The van der Waals surface area contributed by atoms with E-state index in [1.807, 2.05) is 12.1 Å². The Morgan fingerprint density at radius 1 is 1.03 bits per heavy atom. The zero-order valence-electron chi connectivity index (χ0n) is 19.6. The van der Waals surface area contributed by atoms with Crippen LogP contribution in [-0.2, 0) is 14.2 Å². The van der Waals surface area contributed by atoms with Gasteiger partial charge in [-0.1, -0.05) is 0 Å². The zero-order chi connectivity index (χ0) is 24.5. The normalized spacial score (nSPS) is 13.5. The molecule has 184 valence electrons. The lowest BCUT2D eigenvalue weighted by atomic mass is 10.2. The molecule has 0 unspecified atom stereocenters. The summed E-state index contributed by atoms with van der Waals surface area (Å²) in [7, 11) is 3.14. The van der Waals surface area contributed by atoms with E-state index in [1.165, 1.54) is 0 Å². The molecule has 3 aromatic rings. The molecule has 35 heavy (non-hydrogen) atoms. The number of morpholine rings is 1. The summed E-state index contributed by atoms with van der Waals surface area (Å²) in [6.07, 6.45) is 2.77. The predicted octanol–water partition coefficient (Wildman–Crippen LogP) is 2.45. The van der Waals surface area contributed by atoms with Gasteiger partial charge in [-0.2, -0.15) is 15.0 Å². The topological polar surface area (TPSA) is 136 Å². The van der Waals surface area contributed by atoms with Crippen molar-refractivity contribution >= 4 is 29.3 Å². The van der Waals surface area contributed by atoms with Crippen molar-refractivity contribution in [2.45, 2.75) is 6.29 Å². The van der Waals surface area contributed by atoms with E-state index in [-0.39, 0.29) is 6.03 Å². The number of ether oxygens (including phenoxy) is 3. The van der Waals surface area contributed by atoms with Crippen molar-refractivity contribution in [2.24, 2.45) is 0 Å². The molecule has 1 saturated heterocycles. The second-order valence-electron chi connectivity index (χ2n) is 7.56. The number of carbonyl (C=O) groups excluding carboxylic acids is 1. The summed E-state index contributed by atoms with van der Waals surface area (Å²) >= 11 is 0. The summed E-state index contributed by atoms with van der Waals surface area (Å²) in [6.45, 7) is 2.97. The molecule has 1 aliphatic rings. The molecule has 3 N–H and O–H groups in total. The molecule has 0 radical (unpaired) electrons. The number of rotatable bonds is 9. The monoisotopic (exact) mass is 480 g/mol. The fourth-order valence-electron chi connectivity index (χ4n) is 3.35. The van der Waals surface area contributed by atoms with Gasteiger partial charge in [0.2, 0.25) is 11.9 Å². The molecule has 4 rings (SSSR count). The quantitative estimate of drug-likeness (QED) is 0.392. The van der Waals surface area contributed by atoms with Gasteiger partial charge < -0.3 is 35.1 Å². The van der Waals surface area contributed by atoms with Crippen LogP contribution in [0.5, 0.6) is 0 Å². The minimum Gasteiger partial charge on any atom is -0.378 e. The third-order valence-electron chi connectivity index (χ3n) is 5.19. The van der Waals surface area contributed by atoms with Gasteiger partial charge in [0, 0.05) is 44.8 Å². The number of aromatic nitrogens is 4. The maximum atomic E-state index is 12.3. The number of nitrogens with one attached hydrogen (secondary N) is 3. The minimum absolute atomic E-state index is 0.363. The third kappa shape index (κ3) is 6.82. The predicted molar refractivity (Wildman–Crippen MR) is 131 cm³/mol. The lowest BCUT2D eigenvalue weighted by molar-refractivity contribution is -0.0914. The first-order valence-corrected chi connectivity index (χ1v) is 11.1. The zero-order valence-corrected chi connectivity index (χ0v) is 19.6. The Morgan fingerprint density at radius 2 is 1.77 bits per heavy atom. The molecule has 0 saturated carbocycles. The molecule has 0 aliphatic carbocycles. The second-order valence-corrected chi connectivity index (χ2v) is 7.56. The molecule has 2 amide bonds. The number of urea groups is 1. The van der Waals surface area contributed by atoms with Crippen molar-refractivity contribution in [3.05, 3.63) is 48.8 Å². The molecular weight excluding hydrogens is 452 g/mol. The molecule has 3 heterocycles. The first kappa shape index (κ1) is 24.3. The standard InChI is InChI=1S/C23H28N8O4/c1-33-19(34-2)15-25-21-28-20(29-22(30-21)31-10-12-35-13-11-31)16-5-7-17(8-6-16)26-23(32)27-18-4-3-9-24-14-18/h3-9,14,19H,10-13,15H2,1-2H3,(H2,26,27,32)(H,25,28,29,30). The van der Waals surface area contributed by atoms with Crippen molar-refractivity contribution in [3.63, 3.8) is 0 Å². The van der Waals surface area contributed by atoms with Gasteiger partial charge in [-0.15, -0.1) is 0 Å². The summed E-state index contributed by atoms with van der Waals surface area (Å²) < 4.78 is 15.9. The number of benzene rings is 1. The van der Waals surface area contributed by atoms with Gasteiger partial charge in [-0.3, -0.25) is 4.98 Å². The lowest BCUT2D eigenvalue weighted by Crippen LogP contribution is -2.37. The Hall–Kier alpha value is -3.87. The summed E-state index contributed by atoms with van der Waals surface area (Å²) in [5.41, 5.74) is 2.00. The summed E-state index contributed by atoms with van der Waals surface area (Å²) in [6, 6.07) is 10.4. The molecule has 1 fully saturated rings. The van der Waals surface area contributed by atoms with Gasteiger partial charge in [0.1, 0.15) is 0 Å². The Kier molecular flexibility index (Phi) is 8.33. The van der Waals surface area contributed by atoms with Gasteiger partial charge >= 0.3 is 6.03 Å². The van der Waals surface area contributed by atoms with E-state index in [0.29, 0.717) is 61.9 Å². The van der Waals surface area contributed by atoms with Gasteiger partial charge in [0.15, 0.2) is 12.1 Å². The van der Waals surface area contributed by atoms with E-state index in [9.17, 15) is 4.79 Å². The van der Waals surface area contributed by atoms with Crippen LogP contribution < -0.4 is 20.9 Å². The molecule has 12 nitrogen and oxygen atoms in total. The van der Waals surface area contributed by atoms with Gasteiger partial charge in [0.05, 0.1) is 31.6 Å². The summed E-state index contributed by atoms with van der Waals surface area (Å²) in [4.78, 5) is 32.1. The highest BCUT2D eigenvalue weighted by molar-refractivity contribution is 5.99. The number of nitrogens with zero attached hydrogens (tertiary/aromatic N) is 5. The van der Waals surface area contributed by atoms with Crippen LogP contribution in [-0.4, -0.2) is 79.3 Å². The number of anilines is 4. The van der Waals surface area contributed by atoms with Crippen LogP contribution >= 0.6 is 0 Å². The van der Waals surface area contributed by atoms with Crippen molar-refractivity contribution < 1.29 is 19.0 Å².